The molecule has 1 N–H and O–H groups in total. The summed E-state index contributed by atoms with van der Waals surface area (Å²) in [4.78, 5) is 11.7. The van der Waals surface area contributed by atoms with Crippen LogP contribution in [0.2, 0.25) is 0 Å². The largest absolute Gasteiger partial charge is 0.463 e. The molecule has 1 heterocycles. The summed E-state index contributed by atoms with van der Waals surface area (Å²) < 4.78 is 15.4. The van der Waals surface area contributed by atoms with Crippen molar-refractivity contribution in [2.75, 3.05) is 46.6 Å². The quantitative estimate of drug-likeness (QED) is 0.497. The fourth-order valence-corrected chi connectivity index (χ4v) is 1.84. The van der Waals surface area contributed by atoms with Crippen molar-refractivity contribution in [1.82, 2.24) is 5.32 Å². The van der Waals surface area contributed by atoms with Gasteiger partial charge in [0.25, 0.3) is 0 Å². The van der Waals surface area contributed by atoms with E-state index in [4.69, 9.17) is 14.2 Å². The number of methoxy groups -OCH3 is 1. The zero-order valence-electron chi connectivity index (χ0n) is 10.7. The topological polar surface area (TPSA) is 56.8 Å². The number of carbonyl (C=O) groups excluding carboxylic acids is 1. The summed E-state index contributed by atoms with van der Waals surface area (Å²) >= 11 is 0. The van der Waals surface area contributed by atoms with Crippen LogP contribution in [0.3, 0.4) is 0 Å². The highest BCUT2D eigenvalue weighted by atomic mass is 16.6. The van der Waals surface area contributed by atoms with E-state index in [1.54, 1.807) is 7.11 Å². The van der Waals surface area contributed by atoms with Crippen LogP contribution in [-0.2, 0) is 19.0 Å². The predicted octanol–water partition coefficient (Wildman–Crippen LogP) is 0.438. The third kappa shape index (κ3) is 5.48. The molecular formula is C12H23NO4. The smallest absolute Gasteiger partial charge is 0.310 e. The Labute approximate surface area is 103 Å². The van der Waals surface area contributed by atoms with Crippen molar-refractivity contribution in [2.45, 2.75) is 13.3 Å². The molecule has 1 saturated heterocycles. The summed E-state index contributed by atoms with van der Waals surface area (Å²) in [5, 5.41) is 3.18. The van der Waals surface area contributed by atoms with Crippen molar-refractivity contribution in [3.8, 4) is 0 Å². The minimum Gasteiger partial charge on any atom is -0.463 e. The standard InChI is InChI=1S/C12H23NO4/c1-10-8-13-9-11(10)12(14)17-7-6-16-5-3-4-15-2/h10-11,13H,3-9H2,1-2H3/t10-,11-/m1/s1. The second kappa shape index (κ2) is 8.44. The summed E-state index contributed by atoms with van der Waals surface area (Å²) in [6.45, 7) is 5.84. The molecule has 100 valence electrons. The SMILES string of the molecule is COCCCOCCOC(=O)[C@@H]1CNC[C@H]1C. The van der Waals surface area contributed by atoms with E-state index in [0.717, 1.165) is 19.5 Å². The van der Waals surface area contributed by atoms with E-state index in [1.165, 1.54) is 0 Å². The molecule has 0 aromatic rings. The van der Waals surface area contributed by atoms with Crippen LogP contribution in [0.4, 0.5) is 0 Å². The van der Waals surface area contributed by atoms with Crippen molar-refractivity contribution in [1.29, 1.82) is 0 Å². The first-order chi connectivity index (χ1) is 8.25. The maximum absolute atomic E-state index is 11.7. The van der Waals surface area contributed by atoms with Gasteiger partial charge in [0.2, 0.25) is 0 Å². The Morgan fingerprint density at radius 2 is 2.06 bits per heavy atom. The molecule has 0 unspecified atom stereocenters. The van der Waals surface area contributed by atoms with Gasteiger partial charge in [-0.25, -0.2) is 0 Å². The van der Waals surface area contributed by atoms with E-state index in [1.807, 2.05) is 0 Å². The van der Waals surface area contributed by atoms with E-state index < -0.39 is 0 Å². The van der Waals surface area contributed by atoms with Gasteiger partial charge in [0.15, 0.2) is 0 Å². The molecule has 0 saturated carbocycles. The summed E-state index contributed by atoms with van der Waals surface area (Å²) in [7, 11) is 1.67. The summed E-state index contributed by atoms with van der Waals surface area (Å²) in [5.74, 6) is 0.261. The second-order valence-electron chi connectivity index (χ2n) is 4.37. The molecule has 0 aromatic heterocycles. The highest BCUT2D eigenvalue weighted by molar-refractivity contribution is 5.73. The zero-order valence-corrected chi connectivity index (χ0v) is 10.7. The van der Waals surface area contributed by atoms with Crippen LogP contribution >= 0.6 is 0 Å². The summed E-state index contributed by atoms with van der Waals surface area (Å²) in [6.07, 6.45) is 0.869. The summed E-state index contributed by atoms with van der Waals surface area (Å²) in [5.41, 5.74) is 0. The van der Waals surface area contributed by atoms with Crippen molar-refractivity contribution in [2.24, 2.45) is 11.8 Å². The van der Waals surface area contributed by atoms with Gasteiger partial charge < -0.3 is 19.5 Å². The molecule has 0 radical (unpaired) electrons. The van der Waals surface area contributed by atoms with Crippen LogP contribution in [-0.4, -0.2) is 52.6 Å². The average Bonchev–Trinajstić information content (AvgIpc) is 2.74. The Bertz CT molecular complexity index is 223. The first-order valence-electron chi connectivity index (χ1n) is 6.19. The maximum atomic E-state index is 11.7. The Hall–Kier alpha value is -0.650. The van der Waals surface area contributed by atoms with Gasteiger partial charge in [-0.15, -0.1) is 0 Å². The molecule has 0 amide bonds. The van der Waals surface area contributed by atoms with Crippen molar-refractivity contribution < 1.29 is 19.0 Å². The molecule has 1 fully saturated rings. The number of rotatable bonds is 8. The number of hydrogen-bond acceptors (Lipinski definition) is 5. The van der Waals surface area contributed by atoms with E-state index in [9.17, 15) is 4.79 Å². The van der Waals surface area contributed by atoms with E-state index in [0.29, 0.717) is 32.3 Å². The molecule has 0 aromatic carbocycles. The van der Waals surface area contributed by atoms with E-state index >= 15 is 0 Å². The Morgan fingerprint density at radius 1 is 1.24 bits per heavy atom. The third-order valence-electron chi connectivity index (χ3n) is 2.93. The van der Waals surface area contributed by atoms with Gasteiger partial charge in [-0.3, -0.25) is 4.79 Å². The van der Waals surface area contributed by atoms with Gasteiger partial charge in [0.05, 0.1) is 12.5 Å². The molecule has 1 aliphatic rings. The highest BCUT2D eigenvalue weighted by Gasteiger charge is 2.30. The van der Waals surface area contributed by atoms with Crippen molar-refractivity contribution in [3.63, 3.8) is 0 Å². The van der Waals surface area contributed by atoms with Crippen LogP contribution in [0.1, 0.15) is 13.3 Å². The van der Waals surface area contributed by atoms with Gasteiger partial charge in [-0.05, 0) is 18.9 Å². The fourth-order valence-electron chi connectivity index (χ4n) is 1.84. The Balaban J connectivity index is 1.97. The minimum absolute atomic E-state index is 0.00323. The average molecular weight is 245 g/mol. The molecule has 0 bridgehead atoms. The van der Waals surface area contributed by atoms with Gasteiger partial charge in [0, 0.05) is 26.9 Å². The summed E-state index contributed by atoms with van der Waals surface area (Å²) in [6, 6.07) is 0. The normalized spacial score (nSPS) is 23.9. The maximum Gasteiger partial charge on any atom is 0.310 e. The third-order valence-corrected chi connectivity index (χ3v) is 2.93. The molecule has 1 rings (SSSR count). The lowest BCUT2D eigenvalue weighted by Gasteiger charge is -2.13. The Morgan fingerprint density at radius 3 is 2.71 bits per heavy atom. The van der Waals surface area contributed by atoms with Crippen molar-refractivity contribution >= 4 is 5.97 Å². The first kappa shape index (κ1) is 14.4. The van der Waals surface area contributed by atoms with Crippen LogP contribution in [0.25, 0.3) is 0 Å². The van der Waals surface area contributed by atoms with Gasteiger partial charge >= 0.3 is 5.97 Å². The van der Waals surface area contributed by atoms with Crippen LogP contribution in [0, 0.1) is 11.8 Å². The van der Waals surface area contributed by atoms with E-state index in [2.05, 4.69) is 12.2 Å². The molecule has 1 aliphatic heterocycles. The van der Waals surface area contributed by atoms with Crippen molar-refractivity contribution in [3.05, 3.63) is 0 Å². The molecule has 5 nitrogen and oxygen atoms in total. The lowest BCUT2D eigenvalue weighted by atomic mass is 9.99. The number of hydrogen-bond donors (Lipinski definition) is 1. The van der Waals surface area contributed by atoms with Gasteiger partial charge in [0.1, 0.15) is 6.61 Å². The predicted molar refractivity (Wildman–Crippen MR) is 63.8 cm³/mol. The Kier molecular flexibility index (Phi) is 7.16. The second-order valence-corrected chi connectivity index (χ2v) is 4.37. The first-order valence-corrected chi connectivity index (χ1v) is 6.19. The lowest BCUT2D eigenvalue weighted by molar-refractivity contribution is -0.150. The molecule has 2 atom stereocenters. The zero-order chi connectivity index (χ0) is 12.5. The van der Waals surface area contributed by atoms with Crippen LogP contribution < -0.4 is 5.32 Å². The number of carbonyl (C=O) groups is 1. The molecule has 17 heavy (non-hydrogen) atoms. The van der Waals surface area contributed by atoms with E-state index in [-0.39, 0.29) is 11.9 Å². The van der Waals surface area contributed by atoms with Gasteiger partial charge in [-0.1, -0.05) is 6.92 Å². The van der Waals surface area contributed by atoms with Crippen LogP contribution in [0.15, 0.2) is 0 Å². The minimum atomic E-state index is -0.108. The number of esters is 1. The van der Waals surface area contributed by atoms with Crippen LogP contribution in [0.5, 0.6) is 0 Å². The number of nitrogens with one attached hydrogen (secondary N) is 1. The van der Waals surface area contributed by atoms with Gasteiger partial charge in [-0.2, -0.15) is 0 Å². The molecular weight excluding hydrogens is 222 g/mol. The number of ether oxygens (including phenoxy) is 3. The fraction of sp³-hybridized carbons (Fsp3) is 0.917. The highest BCUT2D eigenvalue weighted by Crippen LogP contribution is 2.16. The molecule has 0 aliphatic carbocycles. The lowest BCUT2D eigenvalue weighted by Crippen LogP contribution is -2.25. The molecule has 0 spiro atoms. The molecule has 5 heteroatoms. The monoisotopic (exact) mass is 245 g/mol.